The highest BCUT2D eigenvalue weighted by Gasteiger charge is 2.24. The summed E-state index contributed by atoms with van der Waals surface area (Å²) in [6, 6.07) is 22.9. The highest BCUT2D eigenvalue weighted by atomic mass is 79.9. The molecule has 0 bridgehead atoms. The molecule has 1 heterocycles. The van der Waals surface area contributed by atoms with Gasteiger partial charge in [-0.25, -0.2) is 9.79 Å². The molecule has 1 aliphatic heterocycles. The van der Waals surface area contributed by atoms with Crippen LogP contribution < -0.4 is 4.74 Å². The summed E-state index contributed by atoms with van der Waals surface area (Å²) in [6.45, 7) is 0.479. The molecule has 1 aliphatic rings. The van der Waals surface area contributed by atoms with Gasteiger partial charge in [-0.1, -0.05) is 56.1 Å². The van der Waals surface area contributed by atoms with Gasteiger partial charge in [0.05, 0.1) is 0 Å². The van der Waals surface area contributed by atoms with Crippen LogP contribution >= 0.6 is 31.9 Å². The fourth-order valence-electron chi connectivity index (χ4n) is 2.74. The molecule has 0 radical (unpaired) electrons. The minimum atomic E-state index is -0.460. The third-order valence-electron chi connectivity index (χ3n) is 4.19. The quantitative estimate of drug-likeness (QED) is 0.305. The lowest BCUT2D eigenvalue weighted by Gasteiger charge is -2.07. The number of carbonyl (C=O) groups excluding carboxylic acids is 1. The zero-order valence-electron chi connectivity index (χ0n) is 15.1. The summed E-state index contributed by atoms with van der Waals surface area (Å²) >= 11 is 6.84. The Labute approximate surface area is 185 Å². The lowest BCUT2D eigenvalue weighted by Crippen LogP contribution is -2.05. The molecule has 0 saturated heterocycles. The second kappa shape index (κ2) is 8.76. The van der Waals surface area contributed by atoms with Crippen LogP contribution in [0.25, 0.3) is 6.08 Å². The highest BCUT2D eigenvalue weighted by Crippen LogP contribution is 2.22. The van der Waals surface area contributed by atoms with Crippen molar-refractivity contribution in [2.75, 3.05) is 0 Å². The predicted molar refractivity (Wildman–Crippen MR) is 120 cm³/mol. The van der Waals surface area contributed by atoms with Gasteiger partial charge in [-0.3, -0.25) is 0 Å². The van der Waals surface area contributed by atoms with E-state index in [9.17, 15) is 4.79 Å². The van der Waals surface area contributed by atoms with Crippen molar-refractivity contribution < 1.29 is 14.3 Å². The monoisotopic (exact) mass is 511 g/mol. The van der Waals surface area contributed by atoms with Crippen LogP contribution in [0.15, 0.2) is 92.4 Å². The van der Waals surface area contributed by atoms with Crippen LogP contribution in [0.3, 0.4) is 0 Å². The lowest BCUT2D eigenvalue weighted by atomic mass is 10.2. The number of cyclic esters (lactones) is 1. The standard InChI is InChI=1S/C23H15Br2NO3/c24-18-8-6-17(7-9-18)22-26-21(23(27)29-22)13-15-4-10-20(11-5-15)28-14-16-2-1-3-19(25)12-16/h1-13H,14H2/b21-13-. The molecule has 3 aromatic rings. The van der Waals surface area contributed by atoms with Crippen molar-refractivity contribution in [3.05, 3.63) is 104 Å². The van der Waals surface area contributed by atoms with Crippen molar-refractivity contribution in [2.45, 2.75) is 6.61 Å². The maximum atomic E-state index is 12.1. The van der Waals surface area contributed by atoms with Gasteiger partial charge in [0.15, 0.2) is 5.70 Å². The first-order valence-electron chi connectivity index (χ1n) is 8.83. The number of esters is 1. The Balaban J connectivity index is 1.45. The summed E-state index contributed by atoms with van der Waals surface area (Å²) in [5.74, 6) is 0.598. The topological polar surface area (TPSA) is 47.9 Å². The maximum Gasteiger partial charge on any atom is 0.363 e. The minimum absolute atomic E-state index is 0.269. The molecule has 0 fully saturated rings. The summed E-state index contributed by atoms with van der Waals surface area (Å²) in [6.07, 6.45) is 1.70. The Morgan fingerprint density at radius 1 is 0.931 bits per heavy atom. The maximum absolute atomic E-state index is 12.1. The van der Waals surface area contributed by atoms with Gasteiger partial charge in [-0.15, -0.1) is 0 Å². The van der Waals surface area contributed by atoms with Gasteiger partial charge in [0.2, 0.25) is 5.90 Å². The molecule has 144 valence electrons. The first-order valence-corrected chi connectivity index (χ1v) is 10.4. The fourth-order valence-corrected chi connectivity index (χ4v) is 3.45. The van der Waals surface area contributed by atoms with Crippen LogP contribution in [0.1, 0.15) is 16.7 Å². The number of halogens is 2. The van der Waals surface area contributed by atoms with E-state index in [2.05, 4.69) is 36.9 Å². The van der Waals surface area contributed by atoms with E-state index in [0.29, 0.717) is 12.5 Å². The molecule has 4 rings (SSSR count). The van der Waals surface area contributed by atoms with Crippen LogP contribution in [0, 0.1) is 0 Å². The highest BCUT2D eigenvalue weighted by molar-refractivity contribution is 9.10. The Bertz CT molecular complexity index is 1100. The van der Waals surface area contributed by atoms with Gasteiger partial charge in [0, 0.05) is 14.5 Å². The van der Waals surface area contributed by atoms with E-state index in [1.165, 1.54) is 0 Å². The molecule has 0 spiro atoms. The molecule has 0 N–H and O–H groups in total. The molecule has 4 nitrogen and oxygen atoms in total. The van der Waals surface area contributed by atoms with Crippen molar-refractivity contribution in [1.29, 1.82) is 0 Å². The molecular weight excluding hydrogens is 498 g/mol. The number of ether oxygens (including phenoxy) is 2. The molecule has 0 aromatic heterocycles. The molecule has 0 aliphatic carbocycles. The van der Waals surface area contributed by atoms with Gasteiger partial charge in [0.25, 0.3) is 0 Å². The first kappa shape index (κ1) is 19.6. The van der Waals surface area contributed by atoms with Crippen molar-refractivity contribution in [2.24, 2.45) is 4.99 Å². The number of nitrogens with zero attached hydrogens (tertiary/aromatic N) is 1. The van der Waals surface area contributed by atoms with Crippen LogP contribution in [-0.2, 0) is 16.1 Å². The SMILES string of the molecule is O=C1OC(c2ccc(Br)cc2)=N/C1=C\c1ccc(OCc2cccc(Br)c2)cc1. The van der Waals surface area contributed by atoms with E-state index >= 15 is 0 Å². The first-order chi connectivity index (χ1) is 14.1. The molecule has 3 aromatic carbocycles. The van der Waals surface area contributed by atoms with E-state index < -0.39 is 5.97 Å². The second-order valence-corrected chi connectivity index (χ2v) is 8.16. The van der Waals surface area contributed by atoms with E-state index in [1.807, 2.05) is 72.8 Å². The van der Waals surface area contributed by atoms with Crippen molar-refractivity contribution in [1.82, 2.24) is 0 Å². The summed E-state index contributed by atoms with van der Waals surface area (Å²) in [5.41, 5.74) is 2.94. The molecule has 6 heteroatoms. The third kappa shape index (κ3) is 5.02. The summed E-state index contributed by atoms with van der Waals surface area (Å²) in [7, 11) is 0. The zero-order chi connectivity index (χ0) is 20.2. The third-order valence-corrected chi connectivity index (χ3v) is 5.21. The van der Waals surface area contributed by atoms with E-state index in [0.717, 1.165) is 31.4 Å². The fraction of sp³-hybridized carbons (Fsp3) is 0.0435. The molecule has 0 atom stereocenters. The normalized spacial score (nSPS) is 14.6. The predicted octanol–water partition coefficient (Wildman–Crippen LogP) is 6.14. The molecular formula is C23H15Br2NO3. The molecule has 0 amide bonds. The van der Waals surface area contributed by atoms with Gasteiger partial charge in [-0.2, -0.15) is 0 Å². The van der Waals surface area contributed by atoms with Crippen LogP contribution in [0.2, 0.25) is 0 Å². The number of aliphatic imine (C=N–C) groups is 1. The van der Waals surface area contributed by atoms with Crippen LogP contribution in [0.4, 0.5) is 0 Å². The Morgan fingerprint density at radius 3 is 2.41 bits per heavy atom. The number of benzene rings is 3. The van der Waals surface area contributed by atoms with Gasteiger partial charge < -0.3 is 9.47 Å². The van der Waals surface area contributed by atoms with Crippen molar-refractivity contribution in [3.8, 4) is 5.75 Å². The van der Waals surface area contributed by atoms with Crippen molar-refractivity contribution >= 4 is 49.8 Å². The zero-order valence-corrected chi connectivity index (χ0v) is 18.3. The number of rotatable bonds is 5. The largest absolute Gasteiger partial charge is 0.489 e. The Hall–Kier alpha value is -2.70. The number of carbonyl (C=O) groups is 1. The second-order valence-electron chi connectivity index (χ2n) is 6.33. The number of hydrogen-bond donors (Lipinski definition) is 0. The van der Waals surface area contributed by atoms with E-state index in [4.69, 9.17) is 9.47 Å². The Morgan fingerprint density at radius 2 is 1.69 bits per heavy atom. The van der Waals surface area contributed by atoms with Gasteiger partial charge >= 0.3 is 5.97 Å². The Kier molecular flexibility index (Phi) is 5.92. The molecule has 29 heavy (non-hydrogen) atoms. The van der Waals surface area contributed by atoms with Gasteiger partial charge in [-0.05, 0) is 65.7 Å². The lowest BCUT2D eigenvalue weighted by molar-refractivity contribution is -0.129. The minimum Gasteiger partial charge on any atom is -0.489 e. The molecule has 0 unspecified atom stereocenters. The van der Waals surface area contributed by atoms with E-state index in [1.54, 1.807) is 6.08 Å². The van der Waals surface area contributed by atoms with Crippen molar-refractivity contribution in [3.63, 3.8) is 0 Å². The van der Waals surface area contributed by atoms with Crippen LogP contribution in [-0.4, -0.2) is 11.9 Å². The summed E-state index contributed by atoms with van der Waals surface area (Å²) in [5, 5.41) is 0. The molecule has 0 saturated carbocycles. The number of hydrogen-bond acceptors (Lipinski definition) is 4. The van der Waals surface area contributed by atoms with Gasteiger partial charge in [0.1, 0.15) is 12.4 Å². The summed E-state index contributed by atoms with van der Waals surface area (Å²) in [4.78, 5) is 16.5. The van der Waals surface area contributed by atoms with E-state index in [-0.39, 0.29) is 5.70 Å². The average molecular weight is 513 g/mol. The average Bonchev–Trinajstić information content (AvgIpc) is 3.08. The summed E-state index contributed by atoms with van der Waals surface area (Å²) < 4.78 is 13.1. The smallest absolute Gasteiger partial charge is 0.363 e. The van der Waals surface area contributed by atoms with Crippen LogP contribution in [0.5, 0.6) is 5.75 Å².